The number of anilines is 2. The molecule has 0 saturated carbocycles. The highest BCUT2D eigenvalue weighted by atomic mass is 35.5. The molecule has 0 atom stereocenters. The van der Waals surface area contributed by atoms with Crippen LogP contribution in [0, 0.1) is 12.3 Å². The first-order valence-electron chi connectivity index (χ1n) is 9.11. The minimum atomic E-state index is 0. The first kappa shape index (κ1) is 23.2. The van der Waals surface area contributed by atoms with Gasteiger partial charge >= 0.3 is 0 Å². The van der Waals surface area contributed by atoms with Crippen molar-refractivity contribution in [2.45, 2.75) is 0 Å². The van der Waals surface area contributed by atoms with Crippen LogP contribution in [0.4, 0.5) is 11.5 Å². The van der Waals surface area contributed by atoms with Crippen molar-refractivity contribution >= 4 is 34.8 Å². The molecule has 30 heavy (non-hydrogen) atoms. The lowest BCUT2D eigenvalue weighted by Gasteiger charge is -2.14. The monoisotopic (exact) mass is 429 g/mol. The Morgan fingerprint density at radius 1 is 0.933 bits per heavy atom. The first-order chi connectivity index (χ1) is 14.2. The molecule has 1 aromatic heterocycles. The minimum Gasteiger partial charge on any atom is -0.491 e. The fourth-order valence-corrected chi connectivity index (χ4v) is 2.67. The standard InChI is InChI=1S/C22H23N3O4.ClH/c1-4-16-5-8-21(29-12-10-27-3)20(13-16)25-22-18-7-6-17(28-11-9-26-2)14-19(18)23-15-24-22;/h1,5-8,13-15H,9-12H2,2-3H3,(H,23,24,25);1H. The SMILES string of the molecule is C#Cc1ccc(OCCOC)c(Nc2ncnc3cc(OCCOC)ccc23)c1.Cl. The number of nitrogens with zero attached hydrogens (tertiary/aromatic N) is 2. The molecule has 158 valence electrons. The molecular formula is C22H24ClN3O4. The summed E-state index contributed by atoms with van der Waals surface area (Å²) in [5.74, 6) is 4.66. The summed E-state index contributed by atoms with van der Waals surface area (Å²) < 4.78 is 21.5. The molecule has 1 N–H and O–H groups in total. The number of benzene rings is 2. The summed E-state index contributed by atoms with van der Waals surface area (Å²) in [6.45, 7) is 1.90. The lowest BCUT2D eigenvalue weighted by Crippen LogP contribution is -2.07. The zero-order valence-corrected chi connectivity index (χ0v) is 17.7. The molecule has 0 fully saturated rings. The highest BCUT2D eigenvalue weighted by molar-refractivity contribution is 5.92. The summed E-state index contributed by atoms with van der Waals surface area (Å²) in [6, 6.07) is 11.2. The molecule has 0 aliphatic heterocycles. The fourth-order valence-electron chi connectivity index (χ4n) is 2.67. The van der Waals surface area contributed by atoms with E-state index in [2.05, 4.69) is 21.2 Å². The van der Waals surface area contributed by atoms with E-state index in [1.165, 1.54) is 6.33 Å². The number of rotatable bonds is 10. The van der Waals surface area contributed by atoms with E-state index in [1.807, 2.05) is 36.4 Å². The van der Waals surface area contributed by atoms with Crippen molar-refractivity contribution in [2.24, 2.45) is 0 Å². The van der Waals surface area contributed by atoms with Crippen molar-refractivity contribution in [3.05, 3.63) is 48.3 Å². The summed E-state index contributed by atoms with van der Waals surface area (Å²) in [5.41, 5.74) is 2.21. The van der Waals surface area contributed by atoms with E-state index >= 15 is 0 Å². The van der Waals surface area contributed by atoms with Gasteiger partial charge in [0, 0.05) is 31.2 Å². The van der Waals surface area contributed by atoms with Crippen LogP contribution in [0.2, 0.25) is 0 Å². The van der Waals surface area contributed by atoms with Gasteiger partial charge in [0.05, 0.1) is 24.4 Å². The molecule has 0 aliphatic rings. The quantitative estimate of drug-likeness (QED) is 0.387. The van der Waals surface area contributed by atoms with Gasteiger partial charge in [-0.3, -0.25) is 0 Å². The number of fused-ring (bicyclic) bond motifs is 1. The Labute approximate surface area is 182 Å². The molecule has 2 aromatic carbocycles. The Bertz CT molecular complexity index is 1010. The van der Waals surface area contributed by atoms with Crippen molar-refractivity contribution in [3.63, 3.8) is 0 Å². The third kappa shape index (κ3) is 5.97. The number of nitrogens with one attached hydrogen (secondary N) is 1. The summed E-state index contributed by atoms with van der Waals surface area (Å²) in [5, 5.41) is 4.16. The number of hydrogen-bond donors (Lipinski definition) is 1. The number of methoxy groups -OCH3 is 2. The molecule has 0 spiro atoms. The van der Waals surface area contributed by atoms with Crippen molar-refractivity contribution in [1.82, 2.24) is 9.97 Å². The second-order valence-electron chi connectivity index (χ2n) is 6.06. The molecule has 0 saturated heterocycles. The molecule has 0 bridgehead atoms. The third-order valence-electron chi connectivity index (χ3n) is 4.11. The van der Waals surface area contributed by atoms with Gasteiger partial charge in [-0.2, -0.15) is 0 Å². The molecular weight excluding hydrogens is 406 g/mol. The Kier molecular flexibility index (Phi) is 9.16. The Balaban J connectivity index is 0.00000320. The lowest BCUT2D eigenvalue weighted by atomic mass is 10.1. The van der Waals surface area contributed by atoms with Crippen LogP contribution in [0.3, 0.4) is 0 Å². The van der Waals surface area contributed by atoms with Gasteiger partial charge in [0.2, 0.25) is 0 Å². The summed E-state index contributed by atoms with van der Waals surface area (Å²) in [4.78, 5) is 8.73. The molecule has 7 nitrogen and oxygen atoms in total. The summed E-state index contributed by atoms with van der Waals surface area (Å²) in [7, 11) is 3.27. The maximum absolute atomic E-state index is 5.80. The van der Waals surface area contributed by atoms with Crippen LogP contribution in [0.15, 0.2) is 42.7 Å². The van der Waals surface area contributed by atoms with Gasteiger partial charge in [-0.1, -0.05) is 5.92 Å². The average molecular weight is 430 g/mol. The van der Waals surface area contributed by atoms with E-state index in [0.717, 1.165) is 27.9 Å². The smallest absolute Gasteiger partial charge is 0.142 e. The average Bonchev–Trinajstić information content (AvgIpc) is 2.75. The fraction of sp³-hybridized carbons (Fsp3) is 0.273. The normalized spacial score (nSPS) is 10.2. The van der Waals surface area contributed by atoms with Crippen LogP contribution in [0.5, 0.6) is 11.5 Å². The number of halogens is 1. The van der Waals surface area contributed by atoms with Crippen LogP contribution < -0.4 is 14.8 Å². The Hall–Kier alpha value is -3.05. The zero-order chi connectivity index (χ0) is 20.5. The highest BCUT2D eigenvalue weighted by Gasteiger charge is 2.10. The molecule has 3 rings (SSSR count). The van der Waals surface area contributed by atoms with E-state index in [-0.39, 0.29) is 12.4 Å². The van der Waals surface area contributed by atoms with Crippen molar-refractivity contribution in [2.75, 3.05) is 46.0 Å². The van der Waals surface area contributed by atoms with Crippen LogP contribution in [0.25, 0.3) is 10.9 Å². The van der Waals surface area contributed by atoms with Crippen LogP contribution >= 0.6 is 12.4 Å². The minimum absolute atomic E-state index is 0. The van der Waals surface area contributed by atoms with E-state index < -0.39 is 0 Å². The number of aromatic nitrogens is 2. The predicted molar refractivity (Wildman–Crippen MR) is 119 cm³/mol. The van der Waals surface area contributed by atoms with Gasteiger partial charge in [0.25, 0.3) is 0 Å². The second kappa shape index (κ2) is 11.8. The molecule has 0 unspecified atom stereocenters. The highest BCUT2D eigenvalue weighted by Crippen LogP contribution is 2.31. The van der Waals surface area contributed by atoms with Gasteiger partial charge < -0.3 is 24.3 Å². The van der Waals surface area contributed by atoms with E-state index in [9.17, 15) is 0 Å². The number of ether oxygens (including phenoxy) is 4. The molecule has 3 aromatic rings. The third-order valence-corrected chi connectivity index (χ3v) is 4.11. The maximum atomic E-state index is 5.80. The molecule has 0 radical (unpaired) electrons. The Morgan fingerprint density at radius 3 is 2.43 bits per heavy atom. The van der Waals surface area contributed by atoms with Gasteiger partial charge in [0.1, 0.15) is 36.9 Å². The van der Waals surface area contributed by atoms with Crippen LogP contribution in [0.1, 0.15) is 5.56 Å². The maximum Gasteiger partial charge on any atom is 0.142 e. The molecule has 0 aliphatic carbocycles. The largest absolute Gasteiger partial charge is 0.491 e. The summed E-state index contributed by atoms with van der Waals surface area (Å²) >= 11 is 0. The van der Waals surface area contributed by atoms with Crippen molar-refractivity contribution in [1.29, 1.82) is 0 Å². The molecule has 8 heteroatoms. The van der Waals surface area contributed by atoms with Gasteiger partial charge in [-0.15, -0.1) is 18.8 Å². The second-order valence-corrected chi connectivity index (χ2v) is 6.06. The van der Waals surface area contributed by atoms with Gasteiger partial charge in [0.15, 0.2) is 0 Å². The van der Waals surface area contributed by atoms with Crippen LogP contribution in [-0.2, 0) is 9.47 Å². The number of hydrogen-bond acceptors (Lipinski definition) is 7. The van der Waals surface area contributed by atoms with Gasteiger partial charge in [-0.25, -0.2) is 9.97 Å². The molecule has 0 amide bonds. The van der Waals surface area contributed by atoms with Crippen molar-refractivity contribution < 1.29 is 18.9 Å². The Morgan fingerprint density at radius 2 is 1.70 bits per heavy atom. The first-order valence-corrected chi connectivity index (χ1v) is 9.11. The van der Waals surface area contributed by atoms with E-state index in [4.69, 9.17) is 25.4 Å². The lowest BCUT2D eigenvalue weighted by molar-refractivity contribution is 0.146. The van der Waals surface area contributed by atoms with E-state index in [1.54, 1.807) is 14.2 Å². The predicted octanol–water partition coefficient (Wildman–Crippen LogP) is 3.83. The van der Waals surface area contributed by atoms with E-state index in [0.29, 0.717) is 38.0 Å². The topological polar surface area (TPSA) is 74.7 Å². The number of terminal acetylenes is 1. The summed E-state index contributed by atoms with van der Waals surface area (Å²) in [6.07, 6.45) is 7.05. The zero-order valence-electron chi connectivity index (χ0n) is 16.9. The van der Waals surface area contributed by atoms with Crippen LogP contribution in [-0.4, -0.2) is 50.6 Å². The van der Waals surface area contributed by atoms with Gasteiger partial charge in [-0.05, 0) is 30.3 Å². The van der Waals surface area contributed by atoms with Crippen molar-refractivity contribution in [3.8, 4) is 23.8 Å². The molecule has 1 heterocycles.